The van der Waals surface area contributed by atoms with Crippen LogP contribution < -0.4 is 4.74 Å². The first-order chi connectivity index (χ1) is 22.2. The maximum atomic E-state index is 13.8. The minimum atomic E-state index is -0.459. The van der Waals surface area contributed by atoms with E-state index < -0.39 is 4.92 Å². The Hall–Kier alpha value is -3.61. The number of nitrogens with one attached hydrogen (secondary N) is 1. The molecule has 1 aromatic heterocycles. The number of hydrogen-bond donors (Lipinski definition) is 1. The van der Waals surface area contributed by atoms with E-state index in [1.54, 1.807) is 29.2 Å². The second-order valence-corrected chi connectivity index (χ2v) is 13.7. The van der Waals surface area contributed by atoms with Crippen molar-refractivity contribution in [2.75, 3.05) is 6.54 Å². The molecule has 46 heavy (non-hydrogen) atoms. The van der Waals surface area contributed by atoms with E-state index in [2.05, 4.69) is 36.8 Å². The van der Waals surface area contributed by atoms with Gasteiger partial charge in [0.2, 0.25) is 0 Å². The summed E-state index contributed by atoms with van der Waals surface area (Å²) >= 11 is 20.6. The predicted molar refractivity (Wildman–Crippen MR) is 192 cm³/mol. The molecule has 232 valence electrons. The predicted octanol–water partition coefficient (Wildman–Crippen LogP) is 10.3. The molecule has 1 aliphatic rings. The van der Waals surface area contributed by atoms with Crippen molar-refractivity contribution in [1.82, 2.24) is 9.88 Å². The number of thioether (sulfide) groups is 1. The summed E-state index contributed by atoms with van der Waals surface area (Å²) in [5.41, 5.74) is 4.22. The van der Waals surface area contributed by atoms with Crippen molar-refractivity contribution in [1.29, 1.82) is 0 Å². The number of carbonyl (C=O) groups excluding carboxylic acids is 1. The van der Waals surface area contributed by atoms with Crippen LogP contribution in [-0.4, -0.2) is 32.4 Å². The van der Waals surface area contributed by atoms with Gasteiger partial charge in [-0.25, -0.2) is 4.99 Å². The first kappa shape index (κ1) is 32.3. The summed E-state index contributed by atoms with van der Waals surface area (Å²) in [4.78, 5) is 34.6. The van der Waals surface area contributed by atoms with E-state index in [4.69, 9.17) is 32.9 Å². The summed E-state index contributed by atoms with van der Waals surface area (Å²) in [6, 6.07) is 23.0. The number of carbonyl (C=O) groups is 1. The summed E-state index contributed by atoms with van der Waals surface area (Å²) < 4.78 is 7.44. The molecular formula is C33H22Br2Cl2N4O4S. The highest BCUT2D eigenvalue weighted by Crippen LogP contribution is 2.39. The molecule has 1 amide bonds. The molecule has 5 aromatic rings. The van der Waals surface area contributed by atoms with E-state index in [-0.39, 0.29) is 18.2 Å². The van der Waals surface area contributed by atoms with Crippen LogP contribution in [0.4, 0.5) is 11.4 Å². The van der Waals surface area contributed by atoms with Crippen molar-refractivity contribution < 1.29 is 14.5 Å². The Kier molecular flexibility index (Phi) is 9.86. The number of aliphatic imine (C=N–C) groups is 1. The highest BCUT2D eigenvalue weighted by atomic mass is 79.9. The van der Waals surface area contributed by atoms with E-state index in [1.807, 2.05) is 54.7 Å². The molecular weight excluding hydrogens is 779 g/mol. The lowest BCUT2D eigenvalue weighted by atomic mass is 10.1. The second kappa shape index (κ2) is 14.0. The highest BCUT2D eigenvalue weighted by Gasteiger charge is 2.33. The molecule has 0 bridgehead atoms. The summed E-state index contributed by atoms with van der Waals surface area (Å²) in [7, 11) is 0. The smallest absolute Gasteiger partial charge is 0.269 e. The zero-order chi connectivity index (χ0) is 32.4. The van der Waals surface area contributed by atoms with Crippen LogP contribution in [0.2, 0.25) is 10.0 Å². The number of nitro groups is 1. The molecule has 1 N–H and O–H groups in total. The molecule has 1 fully saturated rings. The Bertz CT molecular complexity index is 2030. The van der Waals surface area contributed by atoms with E-state index in [9.17, 15) is 14.9 Å². The van der Waals surface area contributed by atoms with E-state index in [0.29, 0.717) is 53.5 Å². The van der Waals surface area contributed by atoms with E-state index >= 15 is 0 Å². The standard InChI is InChI=1S/C33H22Br2Cl2N4O4S/c34-25-13-20(14-26(35)31(25)45-18-19-5-10-27(36)28(37)15-19)16-30-32(42)40(12-11-21-17-38-29-4-2-1-3-24(21)29)33(46-30)39-22-6-8-23(9-7-22)41(43)44/h1-10,13-17,38H,11-12,18H2/b30-16-,39-33?. The minimum absolute atomic E-state index is 0.0311. The van der Waals surface area contributed by atoms with Gasteiger partial charge in [-0.05, 0) is 115 Å². The average molecular weight is 801 g/mol. The number of amidine groups is 1. The molecule has 0 spiro atoms. The number of nitro benzene ring substituents is 1. The van der Waals surface area contributed by atoms with Gasteiger partial charge in [0.25, 0.3) is 11.6 Å². The van der Waals surface area contributed by atoms with Gasteiger partial charge in [-0.15, -0.1) is 0 Å². The van der Waals surface area contributed by atoms with Crippen molar-refractivity contribution in [3.63, 3.8) is 0 Å². The number of rotatable bonds is 9. The van der Waals surface area contributed by atoms with Crippen LogP contribution in [0, 0.1) is 10.1 Å². The van der Waals surface area contributed by atoms with Gasteiger partial charge in [-0.1, -0.05) is 47.5 Å². The normalized spacial score (nSPS) is 15.0. The molecule has 4 aromatic carbocycles. The number of H-pyrrole nitrogens is 1. The van der Waals surface area contributed by atoms with Crippen molar-refractivity contribution >= 4 is 106 Å². The van der Waals surface area contributed by atoms with Gasteiger partial charge in [-0.3, -0.25) is 19.8 Å². The van der Waals surface area contributed by atoms with Gasteiger partial charge in [0.1, 0.15) is 12.4 Å². The zero-order valence-corrected chi connectivity index (χ0v) is 29.2. The Labute approximate surface area is 294 Å². The zero-order valence-electron chi connectivity index (χ0n) is 23.7. The Morgan fingerprint density at radius 1 is 1.00 bits per heavy atom. The second-order valence-electron chi connectivity index (χ2n) is 10.2. The first-order valence-corrected chi connectivity index (χ1v) is 17.0. The number of fused-ring (bicyclic) bond motifs is 1. The molecule has 0 atom stereocenters. The minimum Gasteiger partial charge on any atom is -0.487 e. The lowest BCUT2D eigenvalue weighted by Gasteiger charge is -2.15. The van der Waals surface area contributed by atoms with Crippen LogP contribution in [-0.2, 0) is 17.8 Å². The van der Waals surface area contributed by atoms with Gasteiger partial charge in [-0.2, -0.15) is 0 Å². The molecule has 0 radical (unpaired) electrons. The van der Waals surface area contributed by atoms with Crippen LogP contribution in [0.3, 0.4) is 0 Å². The topological polar surface area (TPSA) is 101 Å². The van der Waals surface area contributed by atoms with Gasteiger partial charge in [0.15, 0.2) is 5.17 Å². The number of aromatic nitrogens is 1. The van der Waals surface area contributed by atoms with Crippen molar-refractivity contribution in [3.05, 3.63) is 136 Å². The molecule has 6 rings (SSSR count). The van der Waals surface area contributed by atoms with Crippen molar-refractivity contribution in [2.24, 2.45) is 4.99 Å². The van der Waals surface area contributed by atoms with Gasteiger partial charge < -0.3 is 9.72 Å². The van der Waals surface area contributed by atoms with Crippen molar-refractivity contribution in [2.45, 2.75) is 13.0 Å². The lowest BCUT2D eigenvalue weighted by molar-refractivity contribution is -0.384. The fourth-order valence-corrected chi connectivity index (χ4v) is 7.65. The summed E-state index contributed by atoms with van der Waals surface area (Å²) in [5.74, 6) is 0.414. The van der Waals surface area contributed by atoms with Gasteiger partial charge in [0.05, 0.1) is 34.5 Å². The molecule has 13 heteroatoms. The number of hydrogen-bond acceptors (Lipinski definition) is 6. The van der Waals surface area contributed by atoms with Gasteiger partial charge >= 0.3 is 0 Å². The SMILES string of the molecule is O=C1/C(=C/c2cc(Br)c(OCc3ccc(Cl)c(Cl)c3)c(Br)c2)SC(=Nc2ccc([N+](=O)[O-])cc2)N1CCc1c[nH]c2ccccc12. The number of nitrogens with zero attached hydrogens (tertiary/aromatic N) is 3. The quantitative estimate of drug-likeness (QED) is 0.0909. The molecule has 0 unspecified atom stereocenters. The van der Waals surface area contributed by atoms with Crippen LogP contribution in [0.25, 0.3) is 17.0 Å². The molecule has 0 saturated carbocycles. The van der Waals surface area contributed by atoms with Crippen LogP contribution in [0.5, 0.6) is 5.75 Å². The average Bonchev–Trinajstić information content (AvgIpc) is 3.57. The number of non-ortho nitro benzene ring substituents is 1. The van der Waals surface area contributed by atoms with E-state index in [1.165, 1.54) is 23.9 Å². The Morgan fingerprint density at radius 2 is 1.74 bits per heavy atom. The molecule has 1 aliphatic heterocycles. The summed E-state index contributed by atoms with van der Waals surface area (Å²) in [6.45, 7) is 0.669. The number of ether oxygens (including phenoxy) is 1. The maximum absolute atomic E-state index is 13.8. The number of aromatic amines is 1. The van der Waals surface area contributed by atoms with Crippen LogP contribution >= 0.6 is 66.8 Å². The maximum Gasteiger partial charge on any atom is 0.269 e. The first-order valence-electron chi connectivity index (χ1n) is 13.8. The third kappa shape index (κ3) is 7.19. The third-order valence-electron chi connectivity index (χ3n) is 7.14. The highest BCUT2D eigenvalue weighted by molar-refractivity contribution is 9.11. The molecule has 0 aliphatic carbocycles. The number of amides is 1. The Morgan fingerprint density at radius 3 is 2.46 bits per heavy atom. The molecule has 2 heterocycles. The summed E-state index contributed by atoms with van der Waals surface area (Å²) in [6.07, 6.45) is 4.37. The van der Waals surface area contributed by atoms with E-state index in [0.717, 1.165) is 27.6 Å². The van der Waals surface area contributed by atoms with Crippen molar-refractivity contribution in [3.8, 4) is 5.75 Å². The number of para-hydroxylation sites is 1. The monoisotopic (exact) mass is 798 g/mol. The Balaban J connectivity index is 1.26. The largest absolute Gasteiger partial charge is 0.487 e. The van der Waals surface area contributed by atoms with Gasteiger partial charge in [0, 0.05) is 35.8 Å². The number of benzene rings is 4. The fourth-order valence-electron chi connectivity index (χ4n) is 4.86. The summed E-state index contributed by atoms with van der Waals surface area (Å²) in [5, 5.41) is 13.6. The molecule has 1 saturated heterocycles. The third-order valence-corrected chi connectivity index (χ3v) is 10.1. The van der Waals surface area contributed by atoms with Crippen LogP contribution in [0.15, 0.2) is 104 Å². The fraction of sp³-hybridized carbons (Fsp3) is 0.0909. The molecule has 8 nitrogen and oxygen atoms in total. The van der Waals surface area contributed by atoms with Crippen LogP contribution in [0.1, 0.15) is 16.7 Å². The number of halogens is 4. The lowest BCUT2D eigenvalue weighted by Crippen LogP contribution is -2.31.